The van der Waals surface area contributed by atoms with Crippen LogP contribution in [0.2, 0.25) is 0 Å². The van der Waals surface area contributed by atoms with Gasteiger partial charge >= 0.3 is 0 Å². The van der Waals surface area contributed by atoms with Gasteiger partial charge in [0.25, 0.3) is 5.91 Å². The molecule has 5 nitrogen and oxygen atoms in total. The van der Waals surface area contributed by atoms with Crippen LogP contribution in [0.5, 0.6) is 5.75 Å². The smallest absolute Gasteiger partial charge is 0.256 e. The first-order valence-electron chi connectivity index (χ1n) is 7.79. The van der Waals surface area contributed by atoms with E-state index in [0.29, 0.717) is 32.7 Å². The molecule has 0 radical (unpaired) electrons. The van der Waals surface area contributed by atoms with Gasteiger partial charge in [-0.3, -0.25) is 4.79 Å². The number of amides is 1. The second kappa shape index (κ2) is 7.61. The summed E-state index contributed by atoms with van der Waals surface area (Å²) < 4.78 is 16.4. The van der Waals surface area contributed by atoms with Crippen LogP contribution >= 0.6 is 0 Å². The molecule has 1 saturated heterocycles. The van der Waals surface area contributed by atoms with Crippen LogP contribution in [-0.2, 0) is 14.3 Å². The summed E-state index contributed by atoms with van der Waals surface area (Å²) >= 11 is 0. The number of hydrogen-bond donors (Lipinski definition) is 1. The molecule has 1 heterocycles. The number of ether oxygens (including phenoxy) is 3. The standard InChI is InChI=1S/C17H25NO4/c1-4-9-22-14-5-6-15(13(2)12-14)18-16(19)17(20-3)7-10-21-11-8-17/h5-6,12H,4,7-11H2,1-3H3,(H,18,19). The summed E-state index contributed by atoms with van der Waals surface area (Å²) in [4.78, 5) is 12.6. The highest BCUT2D eigenvalue weighted by atomic mass is 16.5. The minimum atomic E-state index is -0.790. The molecule has 0 aromatic heterocycles. The number of benzene rings is 1. The molecular weight excluding hydrogens is 282 g/mol. The molecule has 0 saturated carbocycles. The fourth-order valence-corrected chi connectivity index (χ4v) is 2.55. The third kappa shape index (κ3) is 3.78. The van der Waals surface area contributed by atoms with Gasteiger partial charge in [-0.25, -0.2) is 0 Å². The van der Waals surface area contributed by atoms with Crippen LogP contribution in [0.1, 0.15) is 31.7 Å². The molecule has 1 fully saturated rings. The Balaban J connectivity index is 2.07. The predicted octanol–water partition coefficient (Wildman–Crippen LogP) is 2.92. The Morgan fingerprint density at radius 3 is 2.68 bits per heavy atom. The number of rotatable bonds is 6. The van der Waals surface area contributed by atoms with Gasteiger partial charge in [-0.1, -0.05) is 6.92 Å². The maximum absolute atomic E-state index is 12.6. The second-order valence-electron chi connectivity index (χ2n) is 5.59. The van der Waals surface area contributed by atoms with E-state index in [2.05, 4.69) is 12.2 Å². The lowest BCUT2D eigenvalue weighted by Crippen LogP contribution is -2.48. The van der Waals surface area contributed by atoms with Crippen molar-refractivity contribution in [3.63, 3.8) is 0 Å². The Hall–Kier alpha value is -1.59. The highest BCUT2D eigenvalue weighted by Crippen LogP contribution is 2.28. The maximum atomic E-state index is 12.6. The topological polar surface area (TPSA) is 56.8 Å². The lowest BCUT2D eigenvalue weighted by molar-refractivity contribution is -0.149. The quantitative estimate of drug-likeness (QED) is 0.878. The highest BCUT2D eigenvalue weighted by Gasteiger charge is 2.40. The van der Waals surface area contributed by atoms with Gasteiger partial charge in [0.2, 0.25) is 0 Å². The Kier molecular flexibility index (Phi) is 5.80. The number of hydrogen-bond acceptors (Lipinski definition) is 4. The lowest BCUT2D eigenvalue weighted by Gasteiger charge is -2.34. The Bertz CT molecular complexity index is 509. The van der Waals surface area contributed by atoms with E-state index >= 15 is 0 Å². The van der Waals surface area contributed by atoms with Gasteiger partial charge in [-0.15, -0.1) is 0 Å². The summed E-state index contributed by atoms with van der Waals surface area (Å²) in [5, 5.41) is 2.98. The average molecular weight is 307 g/mol. The van der Waals surface area contributed by atoms with Gasteiger partial charge in [0.1, 0.15) is 5.75 Å². The van der Waals surface area contributed by atoms with E-state index in [4.69, 9.17) is 14.2 Å². The van der Waals surface area contributed by atoms with Crippen LogP contribution in [0.15, 0.2) is 18.2 Å². The number of nitrogens with one attached hydrogen (secondary N) is 1. The largest absolute Gasteiger partial charge is 0.494 e. The number of methoxy groups -OCH3 is 1. The average Bonchev–Trinajstić information content (AvgIpc) is 2.55. The van der Waals surface area contributed by atoms with E-state index in [-0.39, 0.29) is 5.91 Å². The maximum Gasteiger partial charge on any atom is 0.256 e. The second-order valence-corrected chi connectivity index (χ2v) is 5.59. The first-order chi connectivity index (χ1) is 10.6. The van der Waals surface area contributed by atoms with E-state index < -0.39 is 5.60 Å². The molecule has 1 N–H and O–H groups in total. The van der Waals surface area contributed by atoms with Gasteiger partial charge in [0.15, 0.2) is 5.60 Å². The van der Waals surface area contributed by atoms with E-state index in [9.17, 15) is 4.79 Å². The van der Waals surface area contributed by atoms with Crippen molar-refractivity contribution in [3.8, 4) is 5.75 Å². The van der Waals surface area contributed by atoms with Crippen molar-refractivity contribution < 1.29 is 19.0 Å². The molecule has 1 aromatic rings. The van der Waals surface area contributed by atoms with Crippen LogP contribution < -0.4 is 10.1 Å². The lowest BCUT2D eigenvalue weighted by atomic mass is 9.92. The Labute approximate surface area is 131 Å². The van der Waals surface area contributed by atoms with Crippen molar-refractivity contribution in [3.05, 3.63) is 23.8 Å². The molecular formula is C17H25NO4. The van der Waals surface area contributed by atoms with E-state index in [1.54, 1.807) is 7.11 Å². The summed E-state index contributed by atoms with van der Waals surface area (Å²) in [6, 6.07) is 5.69. The third-order valence-electron chi connectivity index (χ3n) is 4.02. The Morgan fingerprint density at radius 2 is 2.09 bits per heavy atom. The highest BCUT2D eigenvalue weighted by molar-refractivity contribution is 5.98. The predicted molar refractivity (Wildman–Crippen MR) is 85.4 cm³/mol. The summed E-state index contributed by atoms with van der Waals surface area (Å²) in [6.45, 7) is 5.81. The van der Waals surface area contributed by atoms with Crippen LogP contribution in [0, 0.1) is 6.92 Å². The summed E-state index contributed by atoms with van der Waals surface area (Å²) in [7, 11) is 1.58. The van der Waals surface area contributed by atoms with Gasteiger partial charge in [0, 0.05) is 38.9 Å². The SMILES string of the molecule is CCCOc1ccc(NC(=O)C2(OC)CCOCC2)c(C)c1. The zero-order chi connectivity index (χ0) is 16.0. The molecule has 1 aliphatic heterocycles. The van der Waals surface area contributed by atoms with Gasteiger partial charge in [-0.2, -0.15) is 0 Å². The molecule has 0 aliphatic carbocycles. The zero-order valence-electron chi connectivity index (χ0n) is 13.6. The fraction of sp³-hybridized carbons (Fsp3) is 0.588. The van der Waals surface area contributed by atoms with Crippen molar-refractivity contribution in [2.45, 2.75) is 38.7 Å². The minimum Gasteiger partial charge on any atom is -0.494 e. The number of carbonyl (C=O) groups excluding carboxylic acids is 1. The summed E-state index contributed by atoms with van der Waals surface area (Å²) in [6.07, 6.45) is 2.12. The number of anilines is 1. The minimum absolute atomic E-state index is 0.108. The van der Waals surface area contributed by atoms with Crippen molar-refractivity contribution in [1.29, 1.82) is 0 Å². The molecule has 2 rings (SSSR count). The number of aryl methyl sites for hydroxylation is 1. The molecule has 0 bridgehead atoms. The van der Waals surface area contributed by atoms with Crippen molar-refractivity contribution >= 4 is 11.6 Å². The van der Waals surface area contributed by atoms with Crippen LogP contribution in [0.25, 0.3) is 0 Å². The summed E-state index contributed by atoms with van der Waals surface area (Å²) in [5.74, 6) is 0.716. The molecule has 5 heteroatoms. The van der Waals surface area contributed by atoms with E-state index in [0.717, 1.165) is 23.4 Å². The zero-order valence-corrected chi connectivity index (χ0v) is 13.6. The van der Waals surface area contributed by atoms with Crippen LogP contribution in [0.3, 0.4) is 0 Å². The molecule has 122 valence electrons. The fourth-order valence-electron chi connectivity index (χ4n) is 2.55. The van der Waals surface area contributed by atoms with E-state index in [1.165, 1.54) is 0 Å². The monoisotopic (exact) mass is 307 g/mol. The Morgan fingerprint density at radius 1 is 1.36 bits per heavy atom. The van der Waals surface area contributed by atoms with Crippen molar-refractivity contribution in [2.75, 3.05) is 32.2 Å². The van der Waals surface area contributed by atoms with Crippen LogP contribution in [-0.4, -0.2) is 38.4 Å². The van der Waals surface area contributed by atoms with Gasteiger partial charge in [-0.05, 0) is 37.1 Å². The summed E-state index contributed by atoms with van der Waals surface area (Å²) in [5.41, 5.74) is 0.972. The van der Waals surface area contributed by atoms with Crippen molar-refractivity contribution in [1.82, 2.24) is 0 Å². The third-order valence-corrected chi connectivity index (χ3v) is 4.02. The normalized spacial score (nSPS) is 17.0. The molecule has 1 aliphatic rings. The number of carbonyl (C=O) groups is 1. The van der Waals surface area contributed by atoms with Gasteiger partial charge in [0.05, 0.1) is 6.61 Å². The first-order valence-corrected chi connectivity index (χ1v) is 7.79. The molecule has 1 amide bonds. The van der Waals surface area contributed by atoms with Crippen LogP contribution in [0.4, 0.5) is 5.69 Å². The molecule has 0 unspecified atom stereocenters. The van der Waals surface area contributed by atoms with Gasteiger partial charge < -0.3 is 19.5 Å². The van der Waals surface area contributed by atoms with Crippen molar-refractivity contribution in [2.24, 2.45) is 0 Å². The molecule has 0 spiro atoms. The molecule has 0 atom stereocenters. The molecule has 1 aromatic carbocycles. The molecule has 22 heavy (non-hydrogen) atoms. The van der Waals surface area contributed by atoms with E-state index in [1.807, 2.05) is 25.1 Å². The first kappa shape index (κ1) is 16.8.